The van der Waals surface area contributed by atoms with Crippen molar-refractivity contribution in [2.75, 3.05) is 6.26 Å². The average molecular weight is 216 g/mol. The van der Waals surface area contributed by atoms with Crippen LogP contribution in [-0.4, -0.2) is 27.5 Å². The van der Waals surface area contributed by atoms with Gasteiger partial charge in [-0.05, 0) is 6.26 Å². The lowest BCUT2D eigenvalue weighted by Gasteiger charge is -2.16. The number of carboxylic acid groups (broad SMARTS) is 1. The molecule has 1 N–H and O–H groups in total. The van der Waals surface area contributed by atoms with Gasteiger partial charge in [-0.3, -0.25) is 4.79 Å². The van der Waals surface area contributed by atoms with E-state index in [0.29, 0.717) is 11.1 Å². The highest BCUT2D eigenvalue weighted by atomic mass is 32.2. The minimum absolute atomic E-state index is 0.0248. The summed E-state index contributed by atoms with van der Waals surface area (Å²) in [6.07, 6.45) is 1.80. The summed E-state index contributed by atoms with van der Waals surface area (Å²) in [6, 6.07) is 0. The molecule has 0 aliphatic heterocycles. The minimum atomic E-state index is -0.876. The SMILES string of the molecule is CSc1nnc(C(C)(C)CC(=O)O)o1. The van der Waals surface area contributed by atoms with E-state index in [-0.39, 0.29) is 6.42 Å². The summed E-state index contributed by atoms with van der Waals surface area (Å²) in [5, 5.41) is 16.7. The maximum Gasteiger partial charge on any atom is 0.304 e. The number of aromatic nitrogens is 2. The smallest absolute Gasteiger partial charge is 0.304 e. The molecule has 78 valence electrons. The van der Waals surface area contributed by atoms with Crippen LogP contribution in [0.3, 0.4) is 0 Å². The quantitative estimate of drug-likeness (QED) is 0.769. The van der Waals surface area contributed by atoms with Gasteiger partial charge < -0.3 is 9.52 Å². The fourth-order valence-corrected chi connectivity index (χ4v) is 1.30. The van der Waals surface area contributed by atoms with Crippen LogP contribution in [0.4, 0.5) is 0 Å². The molecule has 6 heteroatoms. The highest BCUT2D eigenvalue weighted by Gasteiger charge is 2.30. The van der Waals surface area contributed by atoms with Crippen molar-refractivity contribution in [1.29, 1.82) is 0 Å². The molecule has 1 aromatic rings. The number of hydrogen-bond donors (Lipinski definition) is 1. The van der Waals surface area contributed by atoms with Crippen molar-refractivity contribution in [2.24, 2.45) is 0 Å². The number of carbonyl (C=O) groups is 1. The Bertz CT molecular complexity index is 335. The van der Waals surface area contributed by atoms with Gasteiger partial charge in [0, 0.05) is 0 Å². The molecule has 14 heavy (non-hydrogen) atoms. The molecule has 1 heterocycles. The van der Waals surface area contributed by atoms with Crippen molar-refractivity contribution in [1.82, 2.24) is 10.2 Å². The molecule has 0 aliphatic carbocycles. The van der Waals surface area contributed by atoms with Crippen molar-refractivity contribution in [3.05, 3.63) is 5.89 Å². The number of aliphatic carboxylic acids is 1. The van der Waals surface area contributed by atoms with E-state index >= 15 is 0 Å². The van der Waals surface area contributed by atoms with Crippen LogP contribution in [0.2, 0.25) is 0 Å². The van der Waals surface area contributed by atoms with Crippen LogP contribution in [0.25, 0.3) is 0 Å². The summed E-state index contributed by atoms with van der Waals surface area (Å²) in [5.74, 6) is -0.511. The van der Waals surface area contributed by atoms with Crippen LogP contribution < -0.4 is 0 Å². The second-order valence-corrected chi connectivity index (χ2v) is 4.29. The van der Waals surface area contributed by atoms with Gasteiger partial charge in [-0.15, -0.1) is 10.2 Å². The third-order valence-electron chi connectivity index (χ3n) is 1.75. The van der Waals surface area contributed by atoms with Gasteiger partial charge in [-0.1, -0.05) is 25.6 Å². The summed E-state index contributed by atoms with van der Waals surface area (Å²) in [7, 11) is 0. The molecule has 5 nitrogen and oxygen atoms in total. The first-order chi connectivity index (χ1) is 6.45. The zero-order valence-corrected chi connectivity index (χ0v) is 9.09. The summed E-state index contributed by atoms with van der Waals surface area (Å²) < 4.78 is 5.28. The van der Waals surface area contributed by atoms with Crippen LogP contribution in [0, 0.1) is 0 Å². The molecule has 0 saturated carbocycles. The van der Waals surface area contributed by atoms with Crippen molar-refractivity contribution >= 4 is 17.7 Å². The lowest BCUT2D eigenvalue weighted by molar-refractivity contribution is -0.138. The number of thioether (sulfide) groups is 1. The Hall–Kier alpha value is -1.04. The average Bonchev–Trinajstić information content (AvgIpc) is 2.49. The maximum atomic E-state index is 10.6. The van der Waals surface area contributed by atoms with E-state index in [0.717, 1.165) is 0 Å². The Labute approximate surface area is 85.9 Å². The van der Waals surface area contributed by atoms with Gasteiger partial charge in [-0.2, -0.15) is 0 Å². The zero-order chi connectivity index (χ0) is 10.8. The molecule has 1 aromatic heterocycles. The number of carboxylic acids is 1. The molecular weight excluding hydrogens is 204 g/mol. The monoisotopic (exact) mass is 216 g/mol. The van der Waals surface area contributed by atoms with E-state index < -0.39 is 11.4 Å². The molecule has 0 unspecified atom stereocenters. The number of rotatable bonds is 4. The Balaban J connectivity index is 2.85. The van der Waals surface area contributed by atoms with Gasteiger partial charge in [0.05, 0.1) is 11.8 Å². The van der Waals surface area contributed by atoms with E-state index in [1.807, 2.05) is 6.26 Å². The van der Waals surface area contributed by atoms with Crippen LogP contribution in [-0.2, 0) is 10.2 Å². The second-order valence-electron chi connectivity index (χ2n) is 3.53. The van der Waals surface area contributed by atoms with Crippen molar-refractivity contribution in [3.8, 4) is 0 Å². The van der Waals surface area contributed by atoms with Crippen molar-refractivity contribution in [2.45, 2.75) is 30.9 Å². The molecular formula is C8H12N2O3S. The Morgan fingerprint density at radius 2 is 2.21 bits per heavy atom. The summed E-state index contributed by atoms with van der Waals surface area (Å²) >= 11 is 1.34. The van der Waals surface area contributed by atoms with Gasteiger partial charge in [0.2, 0.25) is 5.89 Å². The molecule has 0 fully saturated rings. The highest BCUT2D eigenvalue weighted by Crippen LogP contribution is 2.27. The fourth-order valence-electron chi connectivity index (χ4n) is 1.02. The fraction of sp³-hybridized carbons (Fsp3) is 0.625. The second kappa shape index (κ2) is 4.00. The molecule has 0 aliphatic rings. The molecule has 0 bridgehead atoms. The lowest BCUT2D eigenvalue weighted by Crippen LogP contribution is -2.22. The van der Waals surface area contributed by atoms with E-state index in [4.69, 9.17) is 9.52 Å². The van der Waals surface area contributed by atoms with Crippen LogP contribution in [0.5, 0.6) is 0 Å². The molecule has 0 saturated heterocycles. The molecule has 0 atom stereocenters. The minimum Gasteiger partial charge on any atom is -0.481 e. The van der Waals surface area contributed by atoms with Crippen LogP contribution >= 0.6 is 11.8 Å². The first-order valence-corrected chi connectivity index (χ1v) is 5.28. The summed E-state index contributed by atoms with van der Waals surface area (Å²) in [6.45, 7) is 3.53. The van der Waals surface area contributed by atoms with E-state index in [9.17, 15) is 4.79 Å². The first kappa shape index (κ1) is 11.0. The van der Waals surface area contributed by atoms with E-state index in [2.05, 4.69) is 10.2 Å². The van der Waals surface area contributed by atoms with Crippen LogP contribution in [0.15, 0.2) is 9.64 Å². The Morgan fingerprint density at radius 3 is 2.64 bits per heavy atom. The third kappa shape index (κ3) is 2.47. The lowest BCUT2D eigenvalue weighted by atomic mass is 9.89. The van der Waals surface area contributed by atoms with Crippen molar-refractivity contribution < 1.29 is 14.3 Å². The van der Waals surface area contributed by atoms with Gasteiger partial charge in [0.1, 0.15) is 0 Å². The van der Waals surface area contributed by atoms with Crippen LogP contribution in [0.1, 0.15) is 26.2 Å². The predicted molar refractivity (Wildman–Crippen MR) is 51.4 cm³/mol. The topological polar surface area (TPSA) is 76.2 Å². The molecule has 0 spiro atoms. The standard InChI is InChI=1S/C8H12N2O3S/c1-8(2,4-5(11)12)6-9-10-7(13-6)14-3/h4H2,1-3H3,(H,11,12). The van der Waals surface area contributed by atoms with Crippen molar-refractivity contribution in [3.63, 3.8) is 0 Å². The number of nitrogens with zero attached hydrogens (tertiary/aromatic N) is 2. The molecule has 1 rings (SSSR count). The first-order valence-electron chi connectivity index (χ1n) is 4.05. The maximum absolute atomic E-state index is 10.6. The summed E-state index contributed by atoms with van der Waals surface area (Å²) in [4.78, 5) is 10.6. The van der Waals surface area contributed by atoms with Gasteiger partial charge >= 0.3 is 5.97 Å². The third-order valence-corrected chi connectivity index (χ3v) is 2.27. The highest BCUT2D eigenvalue weighted by molar-refractivity contribution is 7.98. The normalized spacial score (nSPS) is 11.6. The summed E-state index contributed by atoms with van der Waals surface area (Å²) in [5.41, 5.74) is -0.618. The number of hydrogen-bond acceptors (Lipinski definition) is 5. The zero-order valence-electron chi connectivity index (χ0n) is 8.27. The van der Waals surface area contributed by atoms with E-state index in [1.54, 1.807) is 13.8 Å². The van der Waals surface area contributed by atoms with Gasteiger partial charge in [0.25, 0.3) is 5.22 Å². The molecule has 0 aromatic carbocycles. The molecule has 0 radical (unpaired) electrons. The Kier molecular flexibility index (Phi) is 3.15. The molecule has 0 amide bonds. The van der Waals surface area contributed by atoms with E-state index in [1.165, 1.54) is 11.8 Å². The van der Waals surface area contributed by atoms with Gasteiger partial charge in [-0.25, -0.2) is 0 Å². The predicted octanol–water partition coefficient (Wildman–Crippen LogP) is 1.54. The largest absolute Gasteiger partial charge is 0.481 e. The Morgan fingerprint density at radius 1 is 1.57 bits per heavy atom. The van der Waals surface area contributed by atoms with Gasteiger partial charge in [0.15, 0.2) is 0 Å².